The topological polar surface area (TPSA) is 113 Å². The summed E-state index contributed by atoms with van der Waals surface area (Å²) in [4.78, 5) is 10.6. The van der Waals surface area contributed by atoms with Crippen LogP contribution in [0.2, 0.25) is 0 Å². The summed E-state index contributed by atoms with van der Waals surface area (Å²) in [5.74, 6) is -1.71. The van der Waals surface area contributed by atoms with Gasteiger partial charge in [0.1, 0.15) is 5.69 Å². The van der Waals surface area contributed by atoms with Crippen LogP contribution in [0.4, 0.5) is 0 Å². The zero-order valence-corrected chi connectivity index (χ0v) is 9.08. The van der Waals surface area contributed by atoms with Crippen LogP contribution in [-0.2, 0) is 15.6 Å². The Hall–Kier alpha value is -1.44. The molecule has 0 saturated heterocycles. The lowest BCUT2D eigenvalue weighted by atomic mass is 10.3. The van der Waals surface area contributed by atoms with Gasteiger partial charge < -0.3 is 5.11 Å². The van der Waals surface area contributed by atoms with Crippen molar-refractivity contribution in [2.45, 2.75) is 24.9 Å². The lowest BCUT2D eigenvalue weighted by Crippen LogP contribution is -2.17. The summed E-state index contributed by atoms with van der Waals surface area (Å²) in [6, 6.07) is 0. The molecule has 0 aliphatic carbocycles. The maximum atomic E-state index is 11.5. The Kier molecular flexibility index (Phi) is 3.08. The summed E-state index contributed by atoms with van der Waals surface area (Å²) in [7, 11) is -3.36. The second kappa shape index (κ2) is 3.97. The van der Waals surface area contributed by atoms with Gasteiger partial charge in [-0.3, -0.25) is 0 Å². The van der Waals surface area contributed by atoms with Crippen molar-refractivity contribution >= 4 is 15.8 Å². The number of hydrogen-bond acceptors (Lipinski definition) is 5. The van der Waals surface area contributed by atoms with Crippen molar-refractivity contribution < 1.29 is 18.3 Å². The summed E-state index contributed by atoms with van der Waals surface area (Å²) in [5, 5.41) is 17.1. The molecular formula is C7H11N3O4S. The number of aromatic carboxylic acids is 1. The van der Waals surface area contributed by atoms with Crippen molar-refractivity contribution in [2.75, 3.05) is 0 Å². The number of hydrogen-bond donors (Lipinski definition) is 2. The number of nitrogens with zero attached hydrogens (tertiary/aromatic N) is 2. The molecule has 0 spiro atoms. The van der Waals surface area contributed by atoms with Crippen LogP contribution in [0, 0.1) is 0 Å². The molecule has 84 valence electrons. The molecule has 0 amide bonds. The third kappa shape index (κ3) is 2.52. The predicted octanol–water partition coefficient (Wildman–Crippen LogP) is -0.174. The molecule has 0 radical (unpaired) electrons. The van der Waals surface area contributed by atoms with Crippen molar-refractivity contribution in [2.24, 2.45) is 0 Å². The van der Waals surface area contributed by atoms with Crippen molar-refractivity contribution in [1.29, 1.82) is 0 Å². The first-order chi connectivity index (χ1) is 6.84. The molecule has 15 heavy (non-hydrogen) atoms. The molecule has 0 aliphatic rings. The number of aromatic amines is 1. The minimum Gasteiger partial charge on any atom is -0.476 e. The van der Waals surface area contributed by atoms with E-state index >= 15 is 0 Å². The number of aromatic nitrogens is 3. The van der Waals surface area contributed by atoms with Gasteiger partial charge in [-0.2, -0.15) is 10.3 Å². The fourth-order valence-corrected chi connectivity index (χ4v) is 1.80. The van der Waals surface area contributed by atoms with Crippen molar-refractivity contribution in [3.63, 3.8) is 0 Å². The first-order valence-electron chi connectivity index (χ1n) is 4.19. The van der Waals surface area contributed by atoms with Crippen molar-refractivity contribution in [1.82, 2.24) is 15.4 Å². The van der Waals surface area contributed by atoms with Crippen LogP contribution >= 0.6 is 0 Å². The normalized spacial score (nSPS) is 11.9. The van der Waals surface area contributed by atoms with Crippen LogP contribution in [-0.4, -0.2) is 40.2 Å². The van der Waals surface area contributed by atoms with Crippen LogP contribution in [0.5, 0.6) is 0 Å². The molecule has 0 aromatic carbocycles. The van der Waals surface area contributed by atoms with Crippen LogP contribution in [0.1, 0.15) is 30.0 Å². The van der Waals surface area contributed by atoms with Crippen LogP contribution in [0.3, 0.4) is 0 Å². The monoisotopic (exact) mass is 233 g/mol. The van der Waals surface area contributed by atoms with Gasteiger partial charge in [-0.15, -0.1) is 5.10 Å². The highest BCUT2D eigenvalue weighted by molar-refractivity contribution is 7.91. The molecule has 0 aliphatic heterocycles. The Labute approximate surface area is 86.4 Å². The molecule has 0 atom stereocenters. The summed E-state index contributed by atoms with van der Waals surface area (Å²) in [6.07, 6.45) is 0. The molecule has 1 aromatic rings. The second-order valence-electron chi connectivity index (χ2n) is 3.28. The van der Waals surface area contributed by atoms with E-state index in [9.17, 15) is 13.2 Å². The Bertz CT molecular complexity index is 462. The second-order valence-corrected chi connectivity index (χ2v) is 5.84. The van der Waals surface area contributed by atoms with Crippen molar-refractivity contribution in [3.05, 3.63) is 11.4 Å². The summed E-state index contributed by atoms with van der Waals surface area (Å²) in [6.45, 7) is 3.05. The highest BCUT2D eigenvalue weighted by Gasteiger charge is 2.23. The number of rotatable bonds is 4. The molecule has 0 fully saturated rings. The van der Waals surface area contributed by atoms with Gasteiger partial charge in [-0.25, -0.2) is 13.2 Å². The quantitative estimate of drug-likeness (QED) is 0.746. The third-order valence-electron chi connectivity index (χ3n) is 1.88. The number of sulfone groups is 1. The zero-order valence-electron chi connectivity index (χ0n) is 8.26. The standard InChI is InChI=1S/C7H11N3O4S/c1-4(2)15(13,14)3-5-6(7(11)12)9-10-8-5/h4H,3H2,1-2H3,(H,11,12)(H,8,9,10). The van der Waals surface area contributed by atoms with E-state index in [0.29, 0.717) is 0 Å². The smallest absolute Gasteiger partial charge is 0.358 e. The van der Waals surface area contributed by atoms with Gasteiger partial charge in [0.15, 0.2) is 15.5 Å². The molecule has 0 unspecified atom stereocenters. The first-order valence-corrected chi connectivity index (χ1v) is 5.90. The molecule has 8 heteroatoms. The zero-order chi connectivity index (χ0) is 11.6. The molecule has 0 bridgehead atoms. The molecule has 7 nitrogen and oxygen atoms in total. The first kappa shape index (κ1) is 11.6. The fourth-order valence-electron chi connectivity index (χ4n) is 0.882. The van der Waals surface area contributed by atoms with E-state index < -0.39 is 26.8 Å². The number of carboxylic acid groups (broad SMARTS) is 1. The molecule has 1 rings (SSSR count). The maximum absolute atomic E-state index is 11.5. The minimum atomic E-state index is -3.36. The van der Waals surface area contributed by atoms with Gasteiger partial charge in [0.05, 0.1) is 11.0 Å². The Balaban J connectivity index is 3.01. The average molecular weight is 233 g/mol. The van der Waals surface area contributed by atoms with Crippen LogP contribution in [0.15, 0.2) is 0 Å². The van der Waals surface area contributed by atoms with E-state index in [1.165, 1.54) is 13.8 Å². The van der Waals surface area contributed by atoms with Crippen LogP contribution < -0.4 is 0 Å². The van der Waals surface area contributed by atoms with Gasteiger partial charge in [0.2, 0.25) is 0 Å². The minimum absolute atomic E-state index is 0.0591. The average Bonchev–Trinajstić information content (AvgIpc) is 2.51. The lowest BCUT2D eigenvalue weighted by molar-refractivity contribution is 0.0689. The highest BCUT2D eigenvalue weighted by atomic mass is 32.2. The molecule has 1 aromatic heterocycles. The Morgan fingerprint density at radius 3 is 2.53 bits per heavy atom. The SMILES string of the molecule is CC(C)S(=O)(=O)Cc1n[nH]nc1C(=O)O. The van der Waals surface area contributed by atoms with Gasteiger partial charge in [-0.1, -0.05) is 0 Å². The Morgan fingerprint density at radius 2 is 2.07 bits per heavy atom. The van der Waals surface area contributed by atoms with E-state index in [4.69, 9.17) is 5.11 Å². The predicted molar refractivity (Wildman–Crippen MR) is 51.1 cm³/mol. The van der Waals surface area contributed by atoms with E-state index in [1.54, 1.807) is 0 Å². The largest absolute Gasteiger partial charge is 0.476 e. The Morgan fingerprint density at radius 1 is 1.47 bits per heavy atom. The molecule has 2 N–H and O–H groups in total. The van der Waals surface area contributed by atoms with Crippen molar-refractivity contribution in [3.8, 4) is 0 Å². The van der Waals surface area contributed by atoms with Gasteiger partial charge >= 0.3 is 5.97 Å². The number of H-pyrrole nitrogens is 1. The number of nitrogens with one attached hydrogen (secondary N) is 1. The summed E-state index contributed by atoms with van der Waals surface area (Å²) < 4.78 is 23.0. The highest BCUT2D eigenvalue weighted by Crippen LogP contribution is 2.11. The number of carboxylic acids is 1. The summed E-state index contributed by atoms with van der Waals surface area (Å²) in [5.41, 5.74) is -0.407. The number of carbonyl (C=O) groups is 1. The van der Waals surface area contributed by atoms with E-state index in [1.807, 2.05) is 0 Å². The third-order valence-corrected chi connectivity index (χ3v) is 3.99. The van der Waals surface area contributed by atoms with E-state index in [2.05, 4.69) is 15.4 Å². The van der Waals surface area contributed by atoms with E-state index in [0.717, 1.165) is 0 Å². The molecule has 0 saturated carbocycles. The maximum Gasteiger partial charge on any atom is 0.358 e. The fraction of sp³-hybridized carbons (Fsp3) is 0.571. The van der Waals surface area contributed by atoms with E-state index in [-0.39, 0.29) is 11.4 Å². The van der Waals surface area contributed by atoms with Gasteiger partial charge in [0, 0.05) is 0 Å². The molecular weight excluding hydrogens is 222 g/mol. The van der Waals surface area contributed by atoms with Gasteiger partial charge in [0.25, 0.3) is 0 Å². The van der Waals surface area contributed by atoms with Gasteiger partial charge in [-0.05, 0) is 13.8 Å². The van der Waals surface area contributed by atoms with Crippen LogP contribution in [0.25, 0.3) is 0 Å². The summed E-state index contributed by atoms with van der Waals surface area (Å²) >= 11 is 0. The molecule has 1 heterocycles. The lowest BCUT2D eigenvalue weighted by Gasteiger charge is -2.05.